The molecule has 1 fully saturated rings. The van der Waals surface area contributed by atoms with Crippen LogP contribution in [0.2, 0.25) is 0 Å². The summed E-state index contributed by atoms with van der Waals surface area (Å²) in [5.41, 5.74) is 0.883. The molecule has 0 atom stereocenters. The monoisotopic (exact) mass is 390 g/mol. The third kappa shape index (κ3) is 5.76. The minimum Gasteiger partial charge on any atom is -0.490 e. The number of methoxy groups -OCH3 is 1. The molecule has 1 aromatic rings. The number of rotatable bonds is 5. The van der Waals surface area contributed by atoms with Gasteiger partial charge in [0.25, 0.3) is 0 Å². The Bertz CT molecular complexity index is 687. The third-order valence-corrected chi connectivity index (χ3v) is 4.86. The predicted molar refractivity (Wildman–Crippen MR) is 108 cm³/mol. The highest BCUT2D eigenvalue weighted by atomic mass is 16.5. The predicted octanol–water partition coefficient (Wildman–Crippen LogP) is 1.86. The second-order valence-corrected chi connectivity index (χ2v) is 6.98. The smallest absolute Gasteiger partial charge is 0.219 e. The maximum atomic E-state index is 11.5. The van der Waals surface area contributed by atoms with Crippen molar-refractivity contribution in [1.82, 2.24) is 10.2 Å². The van der Waals surface area contributed by atoms with E-state index in [-0.39, 0.29) is 11.9 Å². The number of piperidine rings is 1. The molecule has 0 radical (unpaired) electrons. The zero-order valence-corrected chi connectivity index (χ0v) is 16.7. The minimum atomic E-state index is 0.137. The van der Waals surface area contributed by atoms with E-state index in [0.29, 0.717) is 32.3 Å². The zero-order valence-electron chi connectivity index (χ0n) is 16.7. The molecule has 3 rings (SSSR count). The molecule has 0 spiro atoms. The van der Waals surface area contributed by atoms with Crippen LogP contribution in [0.25, 0.3) is 0 Å². The fraction of sp³-hybridized carbons (Fsp3) is 0.600. The maximum absolute atomic E-state index is 11.5. The van der Waals surface area contributed by atoms with Crippen molar-refractivity contribution in [2.75, 3.05) is 51.9 Å². The van der Waals surface area contributed by atoms with Crippen molar-refractivity contribution in [2.24, 2.45) is 4.99 Å². The minimum absolute atomic E-state index is 0.137. The zero-order chi connectivity index (χ0) is 19.8. The molecule has 1 amide bonds. The molecule has 154 valence electrons. The van der Waals surface area contributed by atoms with E-state index >= 15 is 0 Å². The van der Waals surface area contributed by atoms with Gasteiger partial charge < -0.3 is 29.7 Å². The van der Waals surface area contributed by atoms with Crippen LogP contribution in [0, 0.1) is 0 Å². The molecule has 2 N–H and O–H groups in total. The fourth-order valence-electron chi connectivity index (χ4n) is 3.28. The summed E-state index contributed by atoms with van der Waals surface area (Å²) in [4.78, 5) is 18.0. The number of hydrogen-bond donors (Lipinski definition) is 2. The van der Waals surface area contributed by atoms with Crippen molar-refractivity contribution in [3.05, 3.63) is 18.2 Å². The van der Waals surface area contributed by atoms with Gasteiger partial charge in [0, 0.05) is 51.3 Å². The van der Waals surface area contributed by atoms with Gasteiger partial charge >= 0.3 is 0 Å². The van der Waals surface area contributed by atoms with Crippen LogP contribution in [0.4, 0.5) is 5.69 Å². The first kappa shape index (κ1) is 20.3. The average Bonchev–Trinajstić information content (AvgIpc) is 2.93. The lowest BCUT2D eigenvalue weighted by molar-refractivity contribution is -0.129. The van der Waals surface area contributed by atoms with Crippen molar-refractivity contribution in [2.45, 2.75) is 32.2 Å². The van der Waals surface area contributed by atoms with Crippen LogP contribution < -0.4 is 20.1 Å². The molecule has 0 aromatic heterocycles. The molecule has 0 saturated carbocycles. The van der Waals surface area contributed by atoms with Crippen LogP contribution in [0.1, 0.15) is 26.2 Å². The summed E-state index contributed by atoms with van der Waals surface area (Å²) in [5, 5.41) is 6.85. The van der Waals surface area contributed by atoms with Gasteiger partial charge in [0.1, 0.15) is 0 Å². The van der Waals surface area contributed by atoms with Crippen LogP contribution in [-0.2, 0) is 9.53 Å². The van der Waals surface area contributed by atoms with Crippen molar-refractivity contribution in [3.8, 4) is 11.5 Å². The summed E-state index contributed by atoms with van der Waals surface area (Å²) in [6, 6.07) is 6.08. The number of amides is 1. The van der Waals surface area contributed by atoms with E-state index in [1.165, 1.54) is 0 Å². The Morgan fingerprint density at radius 1 is 1.25 bits per heavy atom. The number of aliphatic imine (C=N–C) groups is 1. The van der Waals surface area contributed by atoms with Crippen LogP contribution in [0.5, 0.6) is 11.5 Å². The highest BCUT2D eigenvalue weighted by Gasteiger charge is 2.21. The molecule has 8 heteroatoms. The number of likely N-dealkylation sites (tertiary alicyclic amines) is 1. The second-order valence-electron chi connectivity index (χ2n) is 6.98. The molecule has 0 aliphatic carbocycles. The number of anilines is 1. The summed E-state index contributed by atoms with van der Waals surface area (Å²) in [6.07, 6.45) is 2.67. The van der Waals surface area contributed by atoms with E-state index in [1.54, 1.807) is 14.0 Å². The molecule has 1 saturated heterocycles. The first-order valence-corrected chi connectivity index (χ1v) is 9.88. The third-order valence-electron chi connectivity index (χ3n) is 4.86. The summed E-state index contributed by atoms with van der Waals surface area (Å²) in [5.74, 6) is 2.35. The molecule has 1 aromatic carbocycles. The van der Waals surface area contributed by atoms with Gasteiger partial charge in [-0.2, -0.15) is 0 Å². The van der Waals surface area contributed by atoms with Gasteiger partial charge in [0.2, 0.25) is 5.91 Å². The molecular weight excluding hydrogens is 360 g/mol. The topological polar surface area (TPSA) is 84.4 Å². The Balaban J connectivity index is 1.64. The summed E-state index contributed by atoms with van der Waals surface area (Å²) in [7, 11) is 1.66. The highest BCUT2D eigenvalue weighted by Crippen LogP contribution is 2.32. The Morgan fingerprint density at radius 3 is 2.71 bits per heavy atom. The first-order chi connectivity index (χ1) is 13.7. The summed E-state index contributed by atoms with van der Waals surface area (Å²) in [6.45, 7) is 5.59. The van der Waals surface area contributed by atoms with Gasteiger partial charge in [-0.3, -0.25) is 9.79 Å². The Hall–Kier alpha value is -2.48. The molecule has 0 bridgehead atoms. The van der Waals surface area contributed by atoms with Crippen LogP contribution in [-0.4, -0.2) is 69.4 Å². The molecular formula is C20H30N4O4. The van der Waals surface area contributed by atoms with Gasteiger partial charge in [-0.15, -0.1) is 0 Å². The quantitative estimate of drug-likeness (QED) is 0.454. The van der Waals surface area contributed by atoms with Gasteiger partial charge in [-0.1, -0.05) is 0 Å². The Kier molecular flexibility index (Phi) is 7.36. The lowest BCUT2D eigenvalue weighted by Gasteiger charge is -2.32. The fourth-order valence-corrected chi connectivity index (χ4v) is 3.28. The number of nitrogens with one attached hydrogen (secondary N) is 2. The highest BCUT2D eigenvalue weighted by molar-refractivity contribution is 5.94. The number of ether oxygens (including phenoxy) is 3. The van der Waals surface area contributed by atoms with Gasteiger partial charge in [0.05, 0.1) is 26.4 Å². The molecule has 0 unspecified atom stereocenters. The second kappa shape index (κ2) is 10.2. The number of benzene rings is 1. The van der Waals surface area contributed by atoms with E-state index < -0.39 is 0 Å². The largest absolute Gasteiger partial charge is 0.490 e. The normalized spacial score (nSPS) is 17.8. The number of carbonyl (C=O) groups is 1. The van der Waals surface area contributed by atoms with Gasteiger partial charge in [-0.25, -0.2) is 0 Å². The Labute approximate surface area is 166 Å². The molecule has 28 heavy (non-hydrogen) atoms. The lowest BCUT2D eigenvalue weighted by Crippen LogP contribution is -2.47. The average molecular weight is 390 g/mol. The van der Waals surface area contributed by atoms with Crippen molar-refractivity contribution in [1.29, 1.82) is 0 Å². The summed E-state index contributed by atoms with van der Waals surface area (Å²) < 4.78 is 16.6. The van der Waals surface area contributed by atoms with E-state index in [9.17, 15) is 4.79 Å². The van der Waals surface area contributed by atoms with Crippen molar-refractivity contribution in [3.63, 3.8) is 0 Å². The number of fused-ring (bicyclic) bond motifs is 1. The van der Waals surface area contributed by atoms with E-state index in [4.69, 9.17) is 14.2 Å². The lowest BCUT2D eigenvalue weighted by atomic mass is 10.1. The van der Waals surface area contributed by atoms with Crippen LogP contribution in [0.15, 0.2) is 23.2 Å². The van der Waals surface area contributed by atoms with Crippen LogP contribution >= 0.6 is 0 Å². The van der Waals surface area contributed by atoms with Crippen molar-refractivity contribution >= 4 is 17.6 Å². The van der Waals surface area contributed by atoms with Crippen LogP contribution in [0.3, 0.4) is 0 Å². The van der Waals surface area contributed by atoms with E-state index in [2.05, 4.69) is 15.6 Å². The van der Waals surface area contributed by atoms with Crippen molar-refractivity contribution < 1.29 is 19.0 Å². The van der Waals surface area contributed by atoms with E-state index in [1.807, 2.05) is 23.1 Å². The first-order valence-electron chi connectivity index (χ1n) is 9.88. The molecule has 2 heterocycles. The van der Waals surface area contributed by atoms with Gasteiger partial charge in [-0.05, 0) is 25.0 Å². The number of nitrogens with zero attached hydrogens (tertiary/aromatic N) is 2. The number of guanidine groups is 1. The SMILES string of the molecule is COCCN=C(Nc1ccc2c(c1)OCCCO2)NC1CCN(C(C)=O)CC1. The molecule has 2 aliphatic heterocycles. The van der Waals surface area contributed by atoms with Gasteiger partial charge in [0.15, 0.2) is 17.5 Å². The number of carbonyl (C=O) groups excluding carboxylic acids is 1. The molecule has 2 aliphatic rings. The standard InChI is InChI=1S/C20H30N4O4/c1-15(25)24-9-6-16(7-10-24)22-20(21-8-13-26-2)23-17-4-5-18-19(14-17)28-12-3-11-27-18/h4-5,14,16H,3,6-13H2,1-2H3,(H2,21,22,23). The van der Waals surface area contributed by atoms with E-state index in [0.717, 1.165) is 49.5 Å². The number of hydrogen-bond acceptors (Lipinski definition) is 5. The maximum Gasteiger partial charge on any atom is 0.219 e. The summed E-state index contributed by atoms with van der Waals surface area (Å²) >= 11 is 0. The Morgan fingerprint density at radius 2 is 2.00 bits per heavy atom. The molecule has 8 nitrogen and oxygen atoms in total.